The van der Waals surface area contributed by atoms with E-state index in [1.807, 2.05) is 13.8 Å². The summed E-state index contributed by atoms with van der Waals surface area (Å²) in [6.07, 6.45) is 2.41. The molecule has 0 rings (SSSR count). The van der Waals surface area contributed by atoms with Gasteiger partial charge in [-0.25, -0.2) is 0 Å². The molecule has 0 spiro atoms. The molecule has 0 bridgehead atoms. The predicted molar refractivity (Wildman–Crippen MR) is 70.9 cm³/mol. The van der Waals surface area contributed by atoms with Gasteiger partial charge in [-0.2, -0.15) is 13.2 Å². The lowest BCUT2D eigenvalue weighted by molar-refractivity contribution is -0.185. The Morgan fingerprint density at radius 3 is 1.58 bits per heavy atom. The van der Waals surface area contributed by atoms with Crippen LogP contribution in [0.4, 0.5) is 13.2 Å². The first-order valence-electron chi connectivity index (χ1n) is 7.29. The van der Waals surface area contributed by atoms with Gasteiger partial charge >= 0.3 is 12.1 Å². The highest BCUT2D eigenvalue weighted by Crippen LogP contribution is 2.19. The number of halogens is 3. The van der Waals surface area contributed by atoms with Crippen LogP contribution in [0, 0.1) is 0 Å². The van der Waals surface area contributed by atoms with Gasteiger partial charge in [0.15, 0.2) is 0 Å². The van der Waals surface area contributed by atoms with Crippen molar-refractivity contribution < 1.29 is 18.0 Å². The van der Waals surface area contributed by atoms with Crippen molar-refractivity contribution >= 4 is 5.91 Å². The van der Waals surface area contributed by atoms with E-state index in [2.05, 4.69) is 0 Å². The molecule has 114 valence electrons. The van der Waals surface area contributed by atoms with Gasteiger partial charge in [0, 0.05) is 13.1 Å². The molecule has 0 aromatic heterocycles. The van der Waals surface area contributed by atoms with Crippen LogP contribution in [0.25, 0.3) is 0 Å². The lowest BCUT2D eigenvalue weighted by atomic mass is 10.1. The molecule has 0 fully saturated rings. The van der Waals surface area contributed by atoms with Crippen LogP contribution in [-0.4, -0.2) is 30.1 Å². The van der Waals surface area contributed by atoms with Crippen LogP contribution in [-0.2, 0) is 4.79 Å². The second-order valence-electron chi connectivity index (χ2n) is 4.91. The number of hydrogen-bond acceptors (Lipinski definition) is 1. The van der Waals surface area contributed by atoms with Crippen LogP contribution in [0.3, 0.4) is 0 Å². The minimum atomic E-state index is -4.74. The Hall–Kier alpha value is -0.740. The fourth-order valence-electron chi connectivity index (χ4n) is 1.95. The van der Waals surface area contributed by atoms with E-state index in [4.69, 9.17) is 0 Å². The fourth-order valence-corrected chi connectivity index (χ4v) is 1.95. The van der Waals surface area contributed by atoms with Crippen molar-refractivity contribution in [3.63, 3.8) is 0 Å². The molecular weight excluding hydrogens is 255 g/mol. The molecule has 2 nitrogen and oxygen atoms in total. The van der Waals surface area contributed by atoms with Gasteiger partial charge in [0.05, 0.1) is 0 Å². The molecule has 0 unspecified atom stereocenters. The zero-order valence-electron chi connectivity index (χ0n) is 12.1. The topological polar surface area (TPSA) is 20.3 Å². The summed E-state index contributed by atoms with van der Waals surface area (Å²) in [4.78, 5) is 12.3. The lowest BCUT2D eigenvalue weighted by Gasteiger charge is -2.23. The zero-order chi connectivity index (χ0) is 14.7. The molecular formula is C14H26F3NO. The lowest BCUT2D eigenvalue weighted by Crippen LogP contribution is -2.42. The maximum Gasteiger partial charge on any atom is 0.471 e. The van der Waals surface area contributed by atoms with Crippen LogP contribution < -0.4 is 0 Å². The van der Waals surface area contributed by atoms with Crippen LogP contribution in [0.5, 0.6) is 0 Å². The van der Waals surface area contributed by atoms with Crippen molar-refractivity contribution in [1.82, 2.24) is 4.90 Å². The van der Waals surface area contributed by atoms with Crippen molar-refractivity contribution in [1.29, 1.82) is 0 Å². The van der Waals surface area contributed by atoms with Crippen LogP contribution in [0.2, 0.25) is 0 Å². The van der Waals surface area contributed by atoms with Gasteiger partial charge < -0.3 is 4.90 Å². The van der Waals surface area contributed by atoms with Crippen LogP contribution in [0.15, 0.2) is 0 Å². The third kappa shape index (κ3) is 8.89. The fraction of sp³-hybridized carbons (Fsp3) is 0.929. The van der Waals surface area contributed by atoms with Gasteiger partial charge in [-0.1, -0.05) is 52.4 Å². The van der Waals surface area contributed by atoms with E-state index in [0.717, 1.165) is 43.4 Å². The van der Waals surface area contributed by atoms with Crippen LogP contribution >= 0.6 is 0 Å². The summed E-state index contributed by atoms with van der Waals surface area (Å²) in [6.45, 7) is 4.54. The average Bonchev–Trinajstić information content (AvgIpc) is 2.35. The molecule has 0 heterocycles. The van der Waals surface area contributed by atoms with Crippen molar-refractivity contribution in [3.05, 3.63) is 0 Å². The average molecular weight is 281 g/mol. The summed E-state index contributed by atoms with van der Waals surface area (Å²) in [5, 5.41) is 0. The first kappa shape index (κ1) is 18.3. The molecule has 0 radical (unpaired) electrons. The van der Waals surface area contributed by atoms with Crippen LogP contribution in [0.1, 0.15) is 65.2 Å². The molecule has 0 saturated carbocycles. The molecule has 0 N–H and O–H groups in total. The van der Waals surface area contributed by atoms with Gasteiger partial charge in [0.25, 0.3) is 0 Å². The second-order valence-corrected chi connectivity index (χ2v) is 4.91. The highest BCUT2D eigenvalue weighted by molar-refractivity contribution is 5.81. The zero-order valence-corrected chi connectivity index (χ0v) is 12.1. The molecule has 0 atom stereocenters. The molecule has 0 saturated heterocycles. The molecule has 0 aromatic carbocycles. The smallest absolute Gasteiger partial charge is 0.335 e. The van der Waals surface area contributed by atoms with Crippen molar-refractivity contribution in [2.45, 2.75) is 71.4 Å². The number of carbonyl (C=O) groups is 1. The Morgan fingerprint density at radius 2 is 1.26 bits per heavy atom. The quantitative estimate of drug-likeness (QED) is 0.538. The summed E-state index contributed by atoms with van der Waals surface area (Å²) in [6, 6.07) is 0. The highest BCUT2D eigenvalue weighted by atomic mass is 19.4. The van der Waals surface area contributed by atoms with Crippen molar-refractivity contribution in [3.8, 4) is 0 Å². The Balaban J connectivity index is 4.18. The predicted octanol–water partition coefficient (Wildman–Crippen LogP) is 4.54. The second kappa shape index (κ2) is 10.1. The number of hydrogen-bond donors (Lipinski definition) is 0. The maximum atomic E-state index is 12.5. The Kier molecular flexibility index (Phi) is 9.70. The molecule has 1 amide bonds. The molecule has 0 aliphatic carbocycles. The van der Waals surface area contributed by atoms with Crippen molar-refractivity contribution in [2.75, 3.05) is 13.1 Å². The van der Waals surface area contributed by atoms with E-state index < -0.39 is 12.1 Å². The largest absolute Gasteiger partial charge is 0.471 e. The first-order valence-corrected chi connectivity index (χ1v) is 7.29. The molecule has 19 heavy (non-hydrogen) atoms. The van der Waals surface area contributed by atoms with E-state index in [0.29, 0.717) is 12.8 Å². The summed E-state index contributed by atoms with van der Waals surface area (Å²) in [5.74, 6) is -1.68. The Bertz CT molecular complexity index is 229. The summed E-state index contributed by atoms with van der Waals surface area (Å²) < 4.78 is 37.4. The van der Waals surface area contributed by atoms with E-state index in [1.54, 1.807) is 0 Å². The number of unbranched alkanes of at least 4 members (excludes halogenated alkanes) is 6. The summed E-state index contributed by atoms with van der Waals surface area (Å²) >= 11 is 0. The summed E-state index contributed by atoms with van der Waals surface area (Å²) in [7, 11) is 0. The normalized spacial score (nSPS) is 11.6. The van der Waals surface area contributed by atoms with E-state index in [1.165, 1.54) is 0 Å². The van der Waals surface area contributed by atoms with E-state index in [-0.39, 0.29) is 13.1 Å². The number of rotatable bonds is 10. The van der Waals surface area contributed by atoms with Crippen molar-refractivity contribution in [2.24, 2.45) is 0 Å². The molecule has 0 aliphatic heterocycles. The highest BCUT2D eigenvalue weighted by Gasteiger charge is 2.41. The third-order valence-corrected chi connectivity index (χ3v) is 3.09. The number of carbonyl (C=O) groups excluding carboxylic acids is 1. The molecule has 0 aliphatic rings. The third-order valence-electron chi connectivity index (χ3n) is 3.09. The SMILES string of the molecule is CCCCCCN(CCCCCC)C(=O)C(F)(F)F. The Labute approximate surface area is 114 Å². The standard InChI is InChI=1S/C14H26F3NO/c1-3-5-7-9-11-18(12-10-8-6-4-2)13(19)14(15,16)17/h3-12H2,1-2H3. The monoisotopic (exact) mass is 281 g/mol. The molecule has 0 aromatic rings. The summed E-state index contributed by atoms with van der Waals surface area (Å²) in [5.41, 5.74) is 0. The minimum absolute atomic E-state index is 0.227. The number of alkyl halides is 3. The van der Waals surface area contributed by atoms with Gasteiger partial charge in [-0.05, 0) is 12.8 Å². The minimum Gasteiger partial charge on any atom is -0.335 e. The first-order chi connectivity index (χ1) is 8.93. The Morgan fingerprint density at radius 1 is 0.842 bits per heavy atom. The van der Waals surface area contributed by atoms with Gasteiger partial charge in [-0.15, -0.1) is 0 Å². The maximum absolute atomic E-state index is 12.5. The van der Waals surface area contributed by atoms with Gasteiger partial charge in [-0.3, -0.25) is 4.79 Å². The van der Waals surface area contributed by atoms with E-state index in [9.17, 15) is 18.0 Å². The van der Waals surface area contributed by atoms with Gasteiger partial charge in [0.1, 0.15) is 0 Å². The number of amides is 1. The number of nitrogens with zero attached hydrogens (tertiary/aromatic N) is 1. The van der Waals surface area contributed by atoms with Gasteiger partial charge in [0.2, 0.25) is 0 Å². The van der Waals surface area contributed by atoms with E-state index >= 15 is 0 Å². The molecule has 5 heteroatoms.